The smallest absolute Gasteiger partial charge is 0.254 e. The molecule has 3 heterocycles. The van der Waals surface area contributed by atoms with Gasteiger partial charge in [0, 0.05) is 30.2 Å². The van der Waals surface area contributed by atoms with Crippen molar-refractivity contribution in [3.05, 3.63) is 71.3 Å². The number of piperidine rings is 1. The second-order valence-corrected chi connectivity index (χ2v) is 7.52. The molecule has 150 valence electrons. The van der Waals surface area contributed by atoms with Crippen LogP contribution >= 0.6 is 0 Å². The Morgan fingerprint density at radius 2 is 2.03 bits per heavy atom. The van der Waals surface area contributed by atoms with Crippen LogP contribution in [0.2, 0.25) is 0 Å². The first-order chi connectivity index (χ1) is 14.1. The number of rotatable bonds is 4. The Labute approximate surface area is 171 Å². The molecule has 29 heavy (non-hydrogen) atoms. The minimum absolute atomic E-state index is 0.0315. The summed E-state index contributed by atoms with van der Waals surface area (Å²) < 4.78 is 7.37. The maximum Gasteiger partial charge on any atom is 0.254 e. The summed E-state index contributed by atoms with van der Waals surface area (Å²) in [5.74, 6) is 0.721. The predicted octanol–water partition coefficient (Wildman–Crippen LogP) is 4.26. The van der Waals surface area contributed by atoms with E-state index in [1.807, 2.05) is 60.0 Å². The normalized spacial score (nSPS) is 16.7. The molecule has 4 rings (SSSR count). The lowest BCUT2D eigenvalue weighted by atomic mass is 9.95. The molecule has 1 amide bonds. The number of hydrogen-bond acceptors (Lipinski definition) is 4. The summed E-state index contributed by atoms with van der Waals surface area (Å²) in [6.07, 6.45) is 6.72. The Balaban J connectivity index is 1.71. The molecule has 1 aliphatic rings. The standard InChI is InChI=1S/C23H26N4O2/c1-16-13-17(2)27(25-16)21-14-18(9-10-22(21)29-3)23(28)26-12-5-4-8-20(26)19-7-6-11-24-15-19/h6-7,9-11,13-15,20H,4-5,8,12H2,1-3H3. The minimum Gasteiger partial charge on any atom is -0.494 e. The largest absolute Gasteiger partial charge is 0.494 e. The molecule has 2 aromatic heterocycles. The molecule has 1 fully saturated rings. The van der Waals surface area contributed by atoms with Gasteiger partial charge in [-0.25, -0.2) is 4.68 Å². The Morgan fingerprint density at radius 3 is 2.72 bits per heavy atom. The van der Waals surface area contributed by atoms with E-state index in [2.05, 4.69) is 16.1 Å². The number of amides is 1. The lowest BCUT2D eigenvalue weighted by molar-refractivity contribution is 0.0611. The highest BCUT2D eigenvalue weighted by molar-refractivity contribution is 5.95. The molecule has 0 N–H and O–H groups in total. The van der Waals surface area contributed by atoms with E-state index in [9.17, 15) is 4.79 Å². The van der Waals surface area contributed by atoms with Crippen molar-refractivity contribution in [1.82, 2.24) is 19.7 Å². The van der Waals surface area contributed by atoms with E-state index in [1.165, 1.54) is 0 Å². The fourth-order valence-corrected chi connectivity index (χ4v) is 4.12. The van der Waals surface area contributed by atoms with Crippen molar-refractivity contribution in [3.8, 4) is 11.4 Å². The number of nitrogens with zero attached hydrogens (tertiary/aromatic N) is 4. The van der Waals surface area contributed by atoms with Gasteiger partial charge in [-0.05, 0) is 69.0 Å². The summed E-state index contributed by atoms with van der Waals surface area (Å²) >= 11 is 0. The molecule has 0 aliphatic carbocycles. The SMILES string of the molecule is COc1ccc(C(=O)N2CCCCC2c2cccnc2)cc1-n1nc(C)cc1C. The molecule has 0 radical (unpaired) electrons. The van der Waals surface area contributed by atoms with Gasteiger partial charge in [-0.3, -0.25) is 9.78 Å². The van der Waals surface area contributed by atoms with Gasteiger partial charge in [0.15, 0.2) is 0 Å². The van der Waals surface area contributed by atoms with Crippen LogP contribution in [0.15, 0.2) is 48.8 Å². The Bertz CT molecular complexity index is 1010. The van der Waals surface area contributed by atoms with Crippen molar-refractivity contribution >= 4 is 5.91 Å². The zero-order valence-electron chi connectivity index (χ0n) is 17.1. The van der Waals surface area contributed by atoms with E-state index in [0.717, 1.165) is 48.4 Å². The number of methoxy groups -OCH3 is 1. The third-order valence-electron chi connectivity index (χ3n) is 5.50. The zero-order chi connectivity index (χ0) is 20.4. The number of carbonyl (C=O) groups is 1. The van der Waals surface area contributed by atoms with Crippen molar-refractivity contribution in [2.75, 3.05) is 13.7 Å². The maximum absolute atomic E-state index is 13.5. The van der Waals surface area contributed by atoms with Gasteiger partial charge in [-0.2, -0.15) is 5.10 Å². The highest BCUT2D eigenvalue weighted by Gasteiger charge is 2.29. The summed E-state index contributed by atoms with van der Waals surface area (Å²) in [5.41, 5.74) is 4.43. The van der Waals surface area contributed by atoms with Crippen molar-refractivity contribution < 1.29 is 9.53 Å². The predicted molar refractivity (Wildman–Crippen MR) is 111 cm³/mol. The third kappa shape index (κ3) is 3.75. The summed E-state index contributed by atoms with van der Waals surface area (Å²) in [4.78, 5) is 19.7. The minimum atomic E-state index is 0.0315. The van der Waals surface area contributed by atoms with Crippen molar-refractivity contribution in [3.63, 3.8) is 0 Å². The number of carbonyl (C=O) groups excluding carboxylic acids is 1. The van der Waals surface area contributed by atoms with Crippen LogP contribution < -0.4 is 4.74 Å². The summed E-state index contributed by atoms with van der Waals surface area (Å²) in [5, 5.41) is 4.57. The molecular weight excluding hydrogens is 364 g/mol. The fraction of sp³-hybridized carbons (Fsp3) is 0.348. The monoisotopic (exact) mass is 390 g/mol. The number of ether oxygens (including phenoxy) is 1. The molecule has 0 spiro atoms. The summed E-state index contributed by atoms with van der Waals surface area (Å²) in [6.45, 7) is 4.70. The highest BCUT2D eigenvalue weighted by atomic mass is 16.5. The number of benzene rings is 1. The number of aromatic nitrogens is 3. The first-order valence-electron chi connectivity index (χ1n) is 10.0. The van der Waals surface area contributed by atoms with Gasteiger partial charge in [0.25, 0.3) is 5.91 Å². The van der Waals surface area contributed by atoms with Crippen molar-refractivity contribution in [2.45, 2.75) is 39.2 Å². The lowest BCUT2D eigenvalue weighted by Crippen LogP contribution is -2.38. The second kappa shape index (κ2) is 8.07. The molecule has 0 saturated carbocycles. The fourth-order valence-electron chi connectivity index (χ4n) is 4.12. The first-order valence-corrected chi connectivity index (χ1v) is 10.0. The van der Waals surface area contributed by atoms with E-state index in [0.29, 0.717) is 11.3 Å². The number of pyridine rings is 1. The molecule has 3 aromatic rings. The molecule has 1 aliphatic heterocycles. The summed E-state index contributed by atoms with van der Waals surface area (Å²) in [7, 11) is 1.63. The molecule has 1 saturated heterocycles. The van der Waals surface area contributed by atoms with Crippen molar-refractivity contribution in [1.29, 1.82) is 0 Å². The van der Waals surface area contributed by atoms with E-state index >= 15 is 0 Å². The van der Waals surface area contributed by atoms with Crippen LogP contribution in [0.4, 0.5) is 0 Å². The van der Waals surface area contributed by atoms with E-state index < -0.39 is 0 Å². The number of likely N-dealkylation sites (tertiary alicyclic amines) is 1. The van der Waals surface area contributed by atoms with Gasteiger partial charge in [0.2, 0.25) is 0 Å². The maximum atomic E-state index is 13.5. The Hall–Kier alpha value is -3.15. The van der Waals surface area contributed by atoms with Crippen molar-refractivity contribution in [2.24, 2.45) is 0 Å². The van der Waals surface area contributed by atoms with E-state index in [1.54, 1.807) is 13.3 Å². The molecule has 1 atom stereocenters. The van der Waals surface area contributed by atoms with Gasteiger partial charge in [-0.15, -0.1) is 0 Å². The number of hydrogen-bond donors (Lipinski definition) is 0. The second-order valence-electron chi connectivity index (χ2n) is 7.52. The highest BCUT2D eigenvalue weighted by Crippen LogP contribution is 2.33. The Kier molecular flexibility index (Phi) is 5.34. The molecule has 1 unspecified atom stereocenters. The van der Waals surface area contributed by atoms with Gasteiger partial charge in [0.1, 0.15) is 11.4 Å². The van der Waals surface area contributed by atoms with Crippen LogP contribution in [0, 0.1) is 13.8 Å². The quantitative estimate of drug-likeness (QED) is 0.668. The molecule has 6 nitrogen and oxygen atoms in total. The topological polar surface area (TPSA) is 60.2 Å². The van der Waals surface area contributed by atoms with Gasteiger partial charge in [0.05, 0.1) is 18.8 Å². The van der Waals surface area contributed by atoms with Gasteiger partial charge >= 0.3 is 0 Å². The lowest BCUT2D eigenvalue weighted by Gasteiger charge is -2.36. The van der Waals surface area contributed by atoms with Crippen LogP contribution in [-0.4, -0.2) is 39.2 Å². The Morgan fingerprint density at radius 1 is 1.17 bits per heavy atom. The molecule has 1 aromatic carbocycles. The summed E-state index contributed by atoms with van der Waals surface area (Å²) in [6, 6.07) is 11.6. The average Bonchev–Trinajstić information content (AvgIpc) is 3.11. The van der Waals surface area contributed by atoms with E-state index in [4.69, 9.17) is 4.74 Å². The van der Waals surface area contributed by atoms with Crippen LogP contribution in [0.5, 0.6) is 5.75 Å². The van der Waals surface area contributed by atoms with Crippen LogP contribution in [0.25, 0.3) is 5.69 Å². The first kappa shape index (κ1) is 19.2. The average molecular weight is 390 g/mol. The van der Waals surface area contributed by atoms with Gasteiger partial charge in [-0.1, -0.05) is 6.07 Å². The van der Waals surface area contributed by atoms with Crippen LogP contribution in [0.3, 0.4) is 0 Å². The van der Waals surface area contributed by atoms with E-state index in [-0.39, 0.29) is 11.9 Å². The third-order valence-corrected chi connectivity index (χ3v) is 5.50. The number of aryl methyl sites for hydroxylation is 2. The molecule has 6 heteroatoms. The molecule has 0 bridgehead atoms. The van der Waals surface area contributed by atoms with Crippen LogP contribution in [-0.2, 0) is 0 Å². The van der Waals surface area contributed by atoms with Crippen LogP contribution in [0.1, 0.15) is 52.6 Å². The molecular formula is C23H26N4O2. The zero-order valence-corrected chi connectivity index (χ0v) is 17.1. The van der Waals surface area contributed by atoms with Gasteiger partial charge < -0.3 is 9.64 Å².